The highest BCUT2D eigenvalue weighted by Crippen LogP contribution is 2.28. The maximum atomic E-state index is 13.7. The number of carbonyl (C=O) groups is 1. The van der Waals surface area contributed by atoms with E-state index in [2.05, 4.69) is 21.2 Å². The van der Waals surface area contributed by atoms with Gasteiger partial charge in [-0.3, -0.25) is 0 Å². The van der Waals surface area contributed by atoms with Gasteiger partial charge in [-0.05, 0) is 30.3 Å². The van der Waals surface area contributed by atoms with Crippen molar-refractivity contribution in [3.63, 3.8) is 0 Å². The highest BCUT2D eigenvalue weighted by molar-refractivity contribution is 9.10. The van der Waals surface area contributed by atoms with E-state index >= 15 is 0 Å². The maximum absolute atomic E-state index is 13.7. The van der Waals surface area contributed by atoms with Gasteiger partial charge in [-0.25, -0.2) is 13.6 Å². The Bertz CT molecular complexity index is 692. The van der Waals surface area contributed by atoms with E-state index in [0.717, 1.165) is 12.1 Å². The van der Waals surface area contributed by atoms with Crippen molar-refractivity contribution < 1.29 is 18.7 Å². The first-order chi connectivity index (χ1) is 9.38. The van der Waals surface area contributed by atoms with E-state index < -0.39 is 17.6 Å². The lowest BCUT2D eigenvalue weighted by Gasteiger charge is -2.11. The number of halogens is 3. The summed E-state index contributed by atoms with van der Waals surface area (Å²) in [4.78, 5) is 10.9. The molecule has 2 rings (SSSR count). The number of benzene rings is 2. The molecule has 0 radical (unpaired) electrons. The van der Waals surface area contributed by atoms with Gasteiger partial charge in [-0.2, -0.15) is 0 Å². The first-order valence-corrected chi connectivity index (χ1v) is 6.22. The predicted octanol–water partition coefficient (Wildman–Crippen LogP) is 3.75. The predicted molar refractivity (Wildman–Crippen MR) is 75.2 cm³/mol. The van der Waals surface area contributed by atoms with Gasteiger partial charge in [0.25, 0.3) is 0 Å². The number of carboxylic acids is 1. The Morgan fingerprint density at radius 1 is 1.15 bits per heavy atom. The van der Waals surface area contributed by atoms with Crippen molar-refractivity contribution in [2.45, 2.75) is 0 Å². The summed E-state index contributed by atoms with van der Waals surface area (Å²) in [6.07, 6.45) is 0. The van der Waals surface area contributed by atoms with Crippen LogP contribution in [0.4, 0.5) is 25.8 Å². The lowest BCUT2D eigenvalue weighted by atomic mass is 10.1. The van der Waals surface area contributed by atoms with Crippen LogP contribution >= 0.6 is 15.9 Å². The second-order valence-electron chi connectivity index (χ2n) is 3.97. The Balaban J connectivity index is 2.45. The standard InChI is InChI=1S/C13H9BrF2N2O2/c14-6-1-2-8(15)11(3-6)18-12-4-7(13(19)20)10(17)5-9(12)16/h1-5,18H,17H2,(H,19,20). The molecule has 0 aliphatic carbocycles. The van der Waals surface area contributed by atoms with Crippen molar-refractivity contribution in [2.75, 3.05) is 11.1 Å². The molecule has 0 saturated heterocycles. The lowest BCUT2D eigenvalue weighted by Crippen LogP contribution is -2.06. The molecule has 0 aromatic heterocycles. The molecule has 0 fully saturated rings. The largest absolute Gasteiger partial charge is 0.478 e. The number of nitrogens with one attached hydrogen (secondary N) is 1. The van der Waals surface area contributed by atoms with Crippen molar-refractivity contribution in [1.82, 2.24) is 0 Å². The zero-order chi connectivity index (χ0) is 14.9. The van der Waals surface area contributed by atoms with Crippen molar-refractivity contribution in [3.8, 4) is 0 Å². The number of nitrogen functional groups attached to an aromatic ring is 1. The van der Waals surface area contributed by atoms with Crippen LogP contribution in [0.2, 0.25) is 0 Å². The van der Waals surface area contributed by atoms with Crippen LogP contribution in [0, 0.1) is 11.6 Å². The van der Waals surface area contributed by atoms with E-state index in [1.807, 2.05) is 0 Å². The fourth-order valence-electron chi connectivity index (χ4n) is 1.61. The monoisotopic (exact) mass is 342 g/mol. The average Bonchev–Trinajstić information content (AvgIpc) is 2.36. The molecule has 2 aromatic rings. The van der Waals surface area contributed by atoms with Crippen LogP contribution in [-0.2, 0) is 0 Å². The molecule has 0 amide bonds. The molecule has 0 aliphatic heterocycles. The number of hydrogen-bond acceptors (Lipinski definition) is 3. The highest BCUT2D eigenvalue weighted by atomic mass is 79.9. The summed E-state index contributed by atoms with van der Waals surface area (Å²) in [6, 6.07) is 5.99. The molecule has 4 nitrogen and oxygen atoms in total. The first-order valence-electron chi connectivity index (χ1n) is 5.43. The van der Waals surface area contributed by atoms with Gasteiger partial charge in [0, 0.05) is 10.2 Å². The second-order valence-corrected chi connectivity index (χ2v) is 4.89. The molecule has 104 valence electrons. The van der Waals surface area contributed by atoms with E-state index in [4.69, 9.17) is 10.8 Å². The molecule has 0 saturated carbocycles. The Labute approximate surface area is 121 Å². The van der Waals surface area contributed by atoms with E-state index in [-0.39, 0.29) is 22.6 Å². The third-order valence-electron chi connectivity index (χ3n) is 2.57. The number of rotatable bonds is 3. The van der Waals surface area contributed by atoms with Gasteiger partial charge in [0.2, 0.25) is 0 Å². The van der Waals surface area contributed by atoms with Crippen molar-refractivity contribution in [3.05, 3.63) is 52.0 Å². The number of hydrogen-bond donors (Lipinski definition) is 3. The number of carboxylic acid groups (broad SMARTS) is 1. The summed E-state index contributed by atoms with van der Waals surface area (Å²) < 4.78 is 27.9. The summed E-state index contributed by atoms with van der Waals surface area (Å²) in [5, 5.41) is 11.4. The minimum Gasteiger partial charge on any atom is -0.478 e. The lowest BCUT2D eigenvalue weighted by molar-refractivity contribution is 0.0698. The number of anilines is 3. The fourth-order valence-corrected chi connectivity index (χ4v) is 1.97. The molecular weight excluding hydrogens is 334 g/mol. The molecule has 0 aliphatic rings. The van der Waals surface area contributed by atoms with Gasteiger partial charge in [-0.1, -0.05) is 15.9 Å². The Morgan fingerprint density at radius 3 is 2.45 bits per heavy atom. The van der Waals surface area contributed by atoms with Crippen molar-refractivity contribution in [1.29, 1.82) is 0 Å². The summed E-state index contributed by atoms with van der Waals surface area (Å²) in [5.74, 6) is -2.66. The third-order valence-corrected chi connectivity index (χ3v) is 3.06. The van der Waals surface area contributed by atoms with E-state index in [1.54, 1.807) is 0 Å². The van der Waals surface area contributed by atoms with Crippen LogP contribution in [0.15, 0.2) is 34.8 Å². The normalized spacial score (nSPS) is 10.3. The zero-order valence-corrected chi connectivity index (χ0v) is 11.5. The van der Waals surface area contributed by atoms with Crippen LogP contribution in [0.25, 0.3) is 0 Å². The molecule has 20 heavy (non-hydrogen) atoms. The van der Waals surface area contributed by atoms with Crippen molar-refractivity contribution in [2.24, 2.45) is 0 Å². The smallest absolute Gasteiger partial charge is 0.337 e. The van der Waals surface area contributed by atoms with Crippen molar-refractivity contribution >= 4 is 39.0 Å². The molecule has 0 spiro atoms. The van der Waals surface area contributed by atoms with Gasteiger partial charge in [0.15, 0.2) is 0 Å². The van der Waals surface area contributed by atoms with Gasteiger partial charge in [-0.15, -0.1) is 0 Å². The second kappa shape index (κ2) is 5.46. The summed E-state index contributed by atoms with van der Waals surface area (Å²) in [5.41, 5.74) is 4.79. The Hall–Kier alpha value is -2.15. The summed E-state index contributed by atoms with van der Waals surface area (Å²) in [7, 11) is 0. The maximum Gasteiger partial charge on any atom is 0.337 e. The summed E-state index contributed by atoms with van der Waals surface area (Å²) >= 11 is 3.16. The van der Waals surface area contributed by atoms with E-state index in [0.29, 0.717) is 4.47 Å². The fraction of sp³-hybridized carbons (Fsp3) is 0. The molecule has 7 heteroatoms. The first kappa shape index (κ1) is 14.3. The molecular formula is C13H9BrF2N2O2. The Kier molecular flexibility index (Phi) is 3.89. The van der Waals surface area contributed by atoms with Gasteiger partial charge < -0.3 is 16.2 Å². The van der Waals surface area contributed by atoms with Crippen LogP contribution in [0.1, 0.15) is 10.4 Å². The molecule has 0 bridgehead atoms. The third kappa shape index (κ3) is 2.88. The number of nitrogens with two attached hydrogens (primary N) is 1. The minimum atomic E-state index is -1.29. The van der Waals surface area contributed by atoms with Crippen LogP contribution in [-0.4, -0.2) is 11.1 Å². The zero-order valence-electron chi connectivity index (χ0n) is 9.95. The topological polar surface area (TPSA) is 75.3 Å². The minimum absolute atomic E-state index is 0.0133. The highest BCUT2D eigenvalue weighted by Gasteiger charge is 2.14. The average molecular weight is 343 g/mol. The van der Waals surface area contributed by atoms with Gasteiger partial charge in [0.1, 0.15) is 11.6 Å². The molecule has 2 aromatic carbocycles. The molecule has 4 N–H and O–H groups in total. The van der Waals surface area contributed by atoms with Gasteiger partial charge in [0.05, 0.1) is 16.9 Å². The van der Waals surface area contributed by atoms with E-state index in [1.165, 1.54) is 18.2 Å². The quantitative estimate of drug-likeness (QED) is 0.742. The molecule has 0 heterocycles. The SMILES string of the molecule is Nc1cc(F)c(Nc2cc(Br)ccc2F)cc1C(=O)O. The Morgan fingerprint density at radius 2 is 1.80 bits per heavy atom. The van der Waals surface area contributed by atoms with Crippen LogP contribution < -0.4 is 11.1 Å². The van der Waals surface area contributed by atoms with E-state index in [9.17, 15) is 13.6 Å². The van der Waals surface area contributed by atoms with Crippen LogP contribution in [0.3, 0.4) is 0 Å². The number of aromatic carboxylic acids is 1. The molecule has 0 unspecified atom stereocenters. The summed E-state index contributed by atoms with van der Waals surface area (Å²) in [6.45, 7) is 0. The van der Waals surface area contributed by atoms with Gasteiger partial charge >= 0.3 is 5.97 Å². The van der Waals surface area contributed by atoms with Crippen LogP contribution in [0.5, 0.6) is 0 Å². The molecule has 0 atom stereocenters.